The minimum Gasteiger partial charge on any atom is -0.342 e. The molecule has 0 aromatic carbocycles. The van der Waals surface area contributed by atoms with Crippen LogP contribution in [0, 0.1) is 6.92 Å². The van der Waals surface area contributed by atoms with E-state index in [4.69, 9.17) is 5.84 Å². The number of pyridine rings is 1. The van der Waals surface area contributed by atoms with Crippen molar-refractivity contribution in [3.63, 3.8) is 0 Å². The van der Waals surface area contributed by atoms with Gasteiger partial charge >= 0.3 is 0 Å². The van der Waals surface area contributed by atoms with Gasteiger partial charge in [0.05, 0.1) is 11.7 Å². The number of carbonyl (C=O) groups excluding carboxylic acids is 1. The lowest BCUT2D eigenvalue weighted by Crippen LogP contribution is -2.27. The molecule has 19 heavy (non-hydrogen) atoms. The van der Waals surface area contributed by atoms with E-state index in [1.807, 2.05) is 13.8 Å². The van der Waals surface area contributed by atoms with E-state index < -0.39 is 0 Å². The Hall–Kier alpha value is -1.99. The number of nitrogens with zero attached hydrogens (tertiary/aromatic N) is 2. The fourth-order valence-electron chi connectivity index (χ4n) is 1.55. The summed E-state index contributed by atoms with van der Waals surface area (Å²) in [6.45, 7) is 3.87. The smallest absolute Gasteiger partial charge is 0.270 e. The van der Waals surface area contributed by atoms with E-state index >= 15 is 0 Å². The van der Waals surface area contributed by atoms with Crippen LogP contribution in [0.5, 0.6) is 0 Å². The largest absolute Gasteiger partial charge is 0.342 e. The molecule has 0 saturated heterocycles. The number of aryl methyl sites for hydroxylation is 1. The Bertz CT molecular complexity index is 583. The SMILES string of the molecule is Cc1cnc(C(C)NC(=O)c2cc(NN)ccn2)s1. The lowest BCUT2D eigenvalue weighted by Gasteiger charge is -2.11. The lowest BCUT2D eigenvalue weighted by atomic mass is 10.2. The number of aromatic nitrogens is 2. The van der Waals surface area contributed by atoms with Gasteiger partial charge in [0.2, 0.25) is 0 Å². The molecule has 1 unspecified atom stereocenters. The predicted octanol–water partition coefficient (Wildman–Crippen LogP) is 1.62. The van der Waals surface area contributed by atoms with Crippen molar-refractivity contribution < 1.29 is 4.79 Å². The Labute approximate surface area is 115 Å². The quantitative estimate of drug-likeness (QED) is 0.583. The van der Waals surface area contributed by atoms with Crippen molar-refractivity contribution in [2.75, 3.05) is 5.43 Å². The first-order chi connectivity index (χ1) is 9.10. The van der Waals surface area contributed by atoms with Gasteiger partial charge in [-0.05, 0) is 26.0 Å². The van der Waals surface area contributed by atoms with E-state index in [1.54, 1.807) is 29.7 Å². The van der Waals surface area contributed by atoms with Crippen LogP contribution >= 0.6 is 11.3 Å². The zero-order chi connectivity index (χ0) is 13.8. The van der Waals surface area contributed by atoms with Gasteiger partial charge in [-0.25, -0.2) is 4.98 Å². The molecule has 0 aliphatic carbocycles. The van der Waals surface area contributed by atoms with Gasteiger partial charge in [-0.15, -0.1) is 11.3 Å². The molecule has 0 spiro atoms. The van der Waals surface area contributed by atoms with E-state index in [-0.39, 0.29) is 11.9 Å². The van der Waals surface area contributed by atoms with Crippen molar-refractivity contribution in [2.24, 2.45) is 5.84 Å². The van der Waals surface area contributed by atoms with Crippen LogP contribution in [0.4, 0.5) is 5.69 Å². The molecule has 0 aliphatic rings. The summed E-state index contributed by atoms with van der Waals surface area (Å²) in [6, 6.07) is 3.13. The highest BCUT2D eigenvalue weighted by Gasteiger charge is 2.15. The number of hydrogen-bond donors (Lipinski definition) is 3. The van der Waals surface area contributed by atoms with E-state index in [0.29, 0.717) is 11.4 Å². The minimum atomic E-state index is -0.252. The van der Waals surface area contributed by atoms with Crippen molar-refractivity contribution in [2.45, 2.75) is 19.9 Å². The molecule has 2 heterocycles. The van der Waals surface area contributed by atoms with Crippen LogP contribution < -0.4 is 16.6 Å². The van der Waals surface area contributed by atoms with Gasteiger partial charge in [0.15, 0.2) is 0 Å². The fourth-order valence-corrected chi connectivity index (χ4v) is 2.33. The molecule has 0 radical (unpaired) electrons. The summed E-state index contributed by atoms with van der Waals surface area (Å²) in [4.78, 5) is 21.4. The molecule has 7 heteroatoms. The molecule has 4 N–H and O–H groups in total. The molecule has 2 aromatic heterocycles. The number of rotatable bonds is 4. The molecule has 2 rings (SSSR count). The second-order valence-electron chi connectivity index (χ2n) is 4.08. The highest BCUT2D eigenvalue weighted by Crippen LogP contribution is 2.19. The van der Waals surface area contributed by atoms with Crippen LogP contribution in [0.25, 0.3) is 0 Å². The summed E-state index contributed by atoms with van der Waals surface area (Å²) in [5.41, 5.74) is 3.43. The monoisotopic (exact) mass is 277 g/mol. The van der Waals surface area contributed by atoms with Gasteiger partial charge < -0.3 is 10.7 Å². The molecule has 1 amide bonds. The second kappa shape index (κ2) is 5.77. The third-order valence-corrected chi connectivity index (χ3v) is 3.61. The summed E-state index contributed by atoms with van der Waals surface area (Å²) >= 11 is 1.56. The average Bonchev–Trinajstić information content (AvgIpc) is 2.85. The van der Waals surface area contributed by atoms with Gasteiger partial charge in [0.1, 0.15) is 10.7 Å². The first-order valence-electron chi connectivity index (χ1n) is 5.76. The lowest BCUT2D eigenvalue weighted by molar-refractivity contribution is 0.0935. The minimum absolute atomic E-state index is 0.150. The summed E-state index contributed by atoms with van der Waals surface area (Å²) in [6.07, 6.45) is 3.32. The first kappa shape index (κ1) is 13.4. The van der Waals surface area contributed by atoms with Crippen molar-refractivity contribution >= 4 is 22.9 Å². The van der Waals surface area contributed by atoms with E-state index in [1.165, 1.54) is 6.20 Å². The molecular weight excluding hydrogens is 262 g/mol. The Balaban J connectivity index is 2.08. The standard InChI is InChI=1S/C12H15N5OS/c1-7-6-15-12(19-7)8(2)16-11(18)10-5-9(17-13)3-4-14-10/h3-6,8H,13H2,1-2H3,(H,14,17)(H,16,18). The molecule has 100 valence electrons. The van der Waals surface area contributed by atoms with Crippen molar-refractivity contribution in [3.8, 4) is 0 Å². The highest BCUT2D eigenvalue weighted by molar-refractivity contribution is 7.11. The molecule has 0 saturated carbocycles. The zero-order valence-electron chi connectivity index (χ0n) is 10.7. The van der Waals surface area contributed by atoms with Crippen LogP contribution in [0.1, 0.15) is 33.3 Å². The number of anilines is 1. The Morgan fingerprint density at radius 3 is 2.89 bits per heavy atom. The number of hydrogen-bond acceptors (Lipinski definition) is 6. The Morgan fingerprint density at radius 2 is 2.26 bits per heavy atom. The van der Waals surface area contributed by atoms with Crippen LogP contribution in [0.3, 0.4) is 0 Å². The zero-order valence-corrected chi connectivity index (χ0v) is 11.5. The average molecular weight is 277 g/mol. The van der Waals surface area contributed by atoms with Gasteiger partial charge in [-0.1, -0.05) is 0 Å². The molecule has 0 fully saturated rings. The van der Waals surface area contributed by atoms with Crippen LogP contribution in [0.15, 0.2) is 24.5 Å². The summed E-state index contributed by atoms with van der Waals surface area (Å²) < 4.78 is 0. The number of hydrazine groups is 1. The fraction of sp³-hybridized carbons (Fsp3) is 0.250. The number of carbonyl (C=O) groups is 1. The number of nitrogens with two attached hydrogens (primary N) is 1. The summed E-state index contributed by atoms with van der Waals surface area (Å²) in [5.74, 6) is 5.04. The maximum atomic E-state index is 12.0. The molecule has 1 atom stereocenters. The second-order valence-corrected chi connectivity index (χ2v) is 5.34. The molecule has 2 aromatic rings. The van der Waals surface area contributed by atoms with E-state index in [0.717, 1.165) is 9.88 Å². The maximum Gasteiger partial charge on any atom is 0.270 e. The normalized spacial score (nSPS) is 11.9. The van der Waals surface area contributed by atoms with Crippen LogP contribution in [0.2, 0.25) is 0 Å². The highest BCUT2D eigenvalue weighted by atomic mass is 32.1. The third kappa shape index (κ3) is 3.27. The number of thiazole rings is 1. The summed E-state index contributed by atoms with van der Waals surface area (Å²) in [5, 5.41) is 3.73. The van der Waals surface area contributed by atoms with Gasteiger partial charge in [-0.2, -0.15) is 0 Å². The number of nitrogen functional groups attached to an aromatic ring is 1. The first-order valence-corrected chi connectivity index (χ1v) is 6.57. The molecular formula is C12H15N5OS. The van der Waals surface area contributed by atoms with Gasteiger partial charge in [-0.3, -0.25) is 15.6 Å². The van der Waals surface area contributed by atoms with Gasteiger partial charge in [0.25, 0.3) is 5.91 Å². The van der Waals surface area contributed by atoms with Crippen molar-refractivity contribution in [3.05, 3.63) is 40.1 Å². The van der Waals surface area contributed by atoms with Crippen molar-refractivity contribution in [1.29, 1.82) is 0 Å². The Kier molecular flexibility index (Phi) is 4.08. The number of amides is 1. The molecule has 0 aliphatic heterocycles. The van der Waals surface area contributed by atoms with Crippen molar-refractivity contribution in [1.82, 2.24) is 15.3 Å². The molecule has 6 nitrogen and oxygen atoms in total. The summed E-state index contributed by atoms with van der Waals surface area (Å²) in [7, 11) is 0. The van der Waals surface area contributed by atoms with Crippen LogP contribution in [-0.4, -0.2) is 15.9 Å². The predicted molar refractivity (Wildman–Crippen MR) is 74.8 cm³/mol. The number of nitrogens with one attached hydrogen (secondary N) is 2. The van der Waals surface area contributed by atoms with Crippen LogP contribution in [-0.2, 0) is 0 Å². The van der Waals surface area contributed by atoms with E-state index in [2.05, 4.69) is 20.7 Å². The Morgan fingerprint density at radius 1 is 1.47 bits per heavy atom. The molecule has 0 bridgehead atoms. The van der Waals surface area contributed by atoms with E-state index in [9.17, 15) is 4.79 Å². The topological polar surface area (TPSA) is 92.9 Å². The van der Waals surface area contributed by atoms with Gasteiger partial charge in [0, 0.05) is 17.3 Å². The maximum absolute atomic E-state index is 12.0. The third-order valence-electron chi connectivity index (χ3n) is 2.52.